The highest BCUT2D eigenvalue weighted by Crippen LogP contribution is 2.29. The highest BCUT2D eigenvalue weighted by molar-refractivity contribution is 6.57. The van der Waals surface area contributed by atoms with Crippen LogP contribution in [0.25, 0.3) is 11.5 Å². The zero-order chi connectivity index (χ0) is 27.9. The van der Waals surface area contributed by atoms with Gasteiger partial charge in [0.05, 0.1) is 19.6 Å². The number of fused-ring (bicyclic) bond motifs is 2. The van der Waals surface area contributed by atoms with Gasteiger partial charge in [0.1, 0.15) is 11.5 Å². The lowest BCUT2D eigenvalue weighted by Gasteiger charge is -2.15. The third kappa shape index (κ3) is 5.76. The number of hydrogen-bond donors (Lipinski definition) is 2. The molecule has 0 spiro atoms. The number of aliphatic hydroxyl groups excluding tert-OH is 2. The van der Waals surface area contributed by atoms with Gasteiger partial charge < -0.3 is 19.7 Å². The Morgan fingerprint density at radius 3 is 1.16 bits per heavy atom. The van der Waals surface area contributed by atoms with E-state index in [1.807, 2.05) is 0 Å². The Balaban J connectivity index is 0.000000235. The fourth-order valence-corrected chi connectivity index (χ4v) is 3.31. The topological polar surface area (TPSA) is 161 Å². The lowest BCUT2D eigenvalue weighted by atomic mass is 9.88. The van der Waals surface area contributed by atoms with E-state index in [0.717, 1.165) is 14.2 Å². The molecule has 0 radical (unpaired) electrons. The van der Waals surface area contributed by atoms with Gasteiger partial charge in [0.2, 0.25) is 23.1 Å². The first-order valence-corrected chi connectivity index (χ1v) is 11.2. The van der Waals surface area contributed by atoms with Crippen molar-refractivity contribution >= 4 is 69.8 Å². The van der Waals surface area contributed by atoms with E-state index >= 15 is 0 Å². The molecule has 0 atom stereocenters. The van der Waals surface area contributed by atoms with Crippen LogP contribution < -0.4 is 0 Å². The van der Waals surface area contributed by atoms with Crippen LogP contribution in [0, 0.1) is 0 Å². The van der Waals surface area contributed by atoms with E-state index in [4.69, 9.17) is 23.2 Å². The minimum Gasteiger partial charge on any atom is -0.506 e. The zero-order valence-electron chi connectivity index (χ0n) is 19.2. The Kier molecular flexibility index (Phi) is 9.87. The normalized spacial score (nSPS) is 13.9. The van der Waals surface area contributed by atoms with Crippen molar-refractivity contribution in [1.82, 2.24) is 0 Å². The molecule has 0 heterocycles. The lowest BCUT2D eigenvalue weighted by Crippen LogP contribution is -2.28. The van der Waals surface area contributed by atoms with E-state index < -0.39 is 57.7 Å². The SMILES string of the molecule is COC(=O)C1=C(O)c2ccccc2C(=O)C1=O.COC(=O)C1=C(O)c2ccccc2C(=O)C1=O.ClCCl. The van der Waals surface area contributed by atoms with Crippen LogP contribution in [0.2, 0.25) is 0 Å². The van der Waals surface area contributed by atoms with Gasteiger partial charge in [-0.2, -0.15) is 0 Å². The number of ketones is 4. The summed E-state index contributed by atoms with van der Waals surface area (Å²) in [7, 11) is 2.14. The molecule has 2 N–H and O–H groups in total. The molecule has 0 fully saturated rings. The van der Waals surface area contributed by atoms with E-state index in [2.05, 4.69) is 9.47 Å². The molecule has 4 rings (SSSR count). The molecule has 37 heavy (non-hydrogen) atoms. The van der Waals surface area contributed by atoms with Crippen LogP contribution in [-0.2, 0) is 28.7 Å². The molecule has 2 aromatic rings. The van der Waals surface area contributed by atoms with Gasteiger partial charge in [-0.05, 0) is 0 Å². The largest absolute Gasteiger partial charge is 0.506 e. The van der Waals surface area contributed by atoms with E-state index in [1.54, 1.807) is 24.3 Å². The number of halogens is 2. The molecule has 12 heteroatoms. The van der Waals surface area contributed by atoms with Crippen LogP contribution in [0.15, 0.2) is 59.7 Å². The summed E-state index contributed by atoms with van der Waals surface area (Å²) in [4.78, 5) is 69.3. The molecule has 0 saturated carbocycles. The number of hydrogen-bond acceptors (Lipinski definition) is 10. The summed E-state index contributed by atoms with van der Waals surface area (Å²) in [6.45, 7) is 0. The van der Waals surface area contributed by atoms with Gasteiger partial charge >= 0.3 is 11.9 Å². The van der Waals surface area contributed by atoms with Crippen molar-refractivity contribution in [3.8, 4) is 0 Å². The molecule has 0 aromatic heterocycles. The fraction of sp³-hybridized carbons (Fsp3) is 0.120. The van der Waals surface area contributed by atoms with Gasteiger partial charge in [-0.15, -0.1) is 23.2 Å². The number of methoxy groups -OCH3 is 2. The van der Waals surface area contributed by atoms with Crippen LogP contribution in [0.1, 0.15) is 31.8 Å². The number of ether oxygens (including phenoxy) is 2. The van der Waals surface area contributed by atoms with Gasteiger partial charge in [0.15, 0.2) is 11.1 Å². The molecule has 2 aliphatic rings. The number of benzene rings is 2. The number of rotatable bonds is 2. The Morgan fingerprint density at radius 2 is 0.892 bits per heavy atom. The third-order valence-electron chi connectivity index (χ3n) is 4.97. The molecule has 0 bridgehead atoms. The number of esters is 2. The minimum absolute atomic E-state index is 0.0858. The summed E-state index contributed by atoms with van der Waals surface area (Å²) in [5, 5.41) is 19.8. The maximum atomic E-state index is 11.7. The Bertz CT molecular complexity index is 1270. The third-order valence-corrected chi connectivity index (χ3v) is 4.97. The van der Waals surface area contributed by atoms with E-state index in [9.17, 15) is 39.0 Å². The predicted molar refractivity (Wildman–Crippen MR) is 131 cm³/mol. The maximum Gasteiger partial charge on any atom is 0.345 e. The summed E-state index contributed by atoms with van der Waals surface area (Å²) in [5.74, 6) is -6.81. The molecular formula is C25H18Cl2O10. The van der Waals surface area contributed by atoms with Crippen molar-refractivity contribution in [2.45, 2.75) is 0 Å². The number of Topliss-reactive ketones (excluding diaryl/α,β-unsaturated/α-hetero) is 4. The first-order chi connectivity index (χ1) is 17.6. The molecule has 0 saturated heterocycles. The van der Waals surface area contributed by atoms with Crippen molar-refractivity contribution in [2.24, 2.45) is 0 Å². The molecule has 10 nitrogen and oxygen atoms in total. The summed E-state index contributed by atoms with van der Waals surface area (Å²) in [6, 6.07) is 12.1. The lowest BCUT2D eigenvalue weighted by molar-refractivity contribution is -0.138. The van der Waals surface area contributed by atoms with Crippen molar-refractivity contribution in [2.75, 3.05) is 19.6 Å². The highest BCUT2D eigenvalue weighted by Gasteiger charge is 2.38. The monoisotopic (exact) mass is 548 g/mol. The quantitative estimate of drug-likeness (QED) is 0.246. The number of aliphatic hydroxyl groups is 2. The molecule has 192 valence electrons. The molecule has 0 aliphatic heterocycles. The number of carbonyl (C=O) groups excluding carboxylic acids is 6. The maximum absolute atomic E-state index is 11.7. The van der Waals surface area contributed by atoms with Crippen LogP contribution in [-0.4, -0.2) is 64.8 Å². The van der Waals surface area contributed by atoms with Gasteiger partial charge in [-0.25, -0.2) is 9.59 Å². The Hall–Kier alpha value is -4.28. The Labute approximate surface area is 219 Å². The number of alkyl halides is 2. The standard InChI is InChI=1S/2C12H8O5.CH2Cl2/c2*1-17-12(16)8-9(13)6-4-2-3-5-7(6)10(14)11(8)15;2-1-3/h2*2-5,13H,1H3;1H2. The van der Waals surface area contributed by atoms with Crippen molar-refractivity contribution in [3.63, 3.8) is 0 Å². The summed E-state index contributed by atoms with van der Waals surface area (Å²) in [5.41, 5.74) is -0.729. The van der Waals surface area contributed by atoms with E-state index in [0.29, 0.717) is 0 Å². The van der Waals surface area contributed by atoms with Gasteiger partial charge in [-0.3, -0.25) is 19.2 Å². The molecule has 2 aliphatic carbocycles. The van der Waals surface area contributed by atoms with E-state index in [-0.39, 0.29) is 27.6 Å². The van der Waals surface area contributed by atoms with Crippen LogP contribution in [0.4, 0.5) is 0 Å². The Morgan fingerprint density at radius 1 is 0.622 bits per heavy atom. The molecule has 0 unspecified atom stereocenters. The van der Waals surface area contributed by atoms with Crippen molar-refractivity contribution in [1.29, 1.82) is 0 Å². The summed E-state index contributed by atoms with van der Waals surface area (Å²) < 4.78 is 8.73. The van der Waals surface area contributed by atoms with Gasteiger partial charge in [0.25, 0.3) is 0 Å². The summed E-state index contributed by atoms with van der Waals surface area (Å²) in [6.07, 6.45) is 0. The smallest absolute Gasteiger partial charge is 0.345 e. The fourth-order valence-electron chi connectivity index (χ4n) is 3.31. The second-order valence-corrected chi connectivity index (χ2v) is 7.75. The van der Waals surface area contributed by atoms with Crippen molar-refractivity contribution < 1.29 is 48.5 Å². The van der Waals surface area contributed by atoms with E-state index in [1.165, 1.54) is 24.3 Å². The average molecular weight is 549 g/mol. The molecular weight excluding hydrogens is 531 g/mol. The number of carbonyl (C=O) groups is 6. The molecule has 2 aromatic carbocycles. The first kappa shape index (κ1) is 29.0. The zero-order valence-corrected chi connectivity index (χ0v) is 20.8. The van der Waals surface area contributed by atoms with Crippen LogP contribution >= 0.6 is 23.2 Å². The second-order valence-electron chi connectivity index (χ2n) is 6.94. The molecule has 0 amide bonds. The van der Waals surface area contributed by atoms with Gasteiger partial charge in [0, 0.05) is 22.3 Å². The van der Waals surface area contributed by atoms with Crippen LogP contribution in [0.3, 0.4) is 0 Å². The average Bonchev–Trinajstić information content (AvgIpc) is 2.91. The summed E-state index contributed by atoms with van der Waals surface area (Å²) >= 11 is 9.53. The minimum atomic E-state index is -1.05. The van der Waals surface area contributed by atoms with Gasteiger partial charge in [-0.1, -0.05) is 48.5 Å². The van der Waals surface area contributed by atoms with Crippen molar-refractivity contribution in [3.05, 3.63) is 81.9 Å². The predicted octanol–water partition coefficient (Wildman–Crippen LogP) is 3.21. The second kappa shape index (κ2) is 12.6. The first-order valence-electron chi connectivity index (χ1n) is 10.1. The highest BCUT2D eigenvalue weighted by atomic mass is 35.5. The van der Waals surface area contributed by atoms with Crippen LogP contribution in [0.5, 0.6) is 0 Å².